The van der Waals surface area contributed by atoms with Gasteiger partial charge in [-0.05, 0) is 93.0 Å². The number of rotatable bonds is 4. The number of hydrogen-bond donors (Lipinski definition) is 0. The van der Waals surface area contributed by atoms with Gasteiger partial charge in [-0.15, -0.1) is 0 Å². The van der Waals surface area contributed by atoms with Gasteiger partial charge in [0.25, 0.3) is 0 Å². The number of imide groups is 1. The van der Waals surface area contributed by atoms with Crippen LogP contribution >= 0.6 is 0 Å². The highest BCUT2D eigenvalue weighted by atomic mass is 16.6. The highest BCUT2D eigenvalue weighted by Gasteiger charge is 2.38. The van der Waals surface area contributed by atoms with Crippen LogP contribution in [0, 0.1) is 0 Å². The molecule has 1 unspecified atom stereocenters. The summed E-state index contributed by atoms with van der Waals surface area (Å²) in [6.07, 6.45) is 3.51. The largest absolute Gasteiger partial charge is 0.443 e. The number of imidazole rings is 1. The van der Waals surface area contributed by atoms with Gasteiger partial charge in [-0.1, -0.05) is 42.5 Å². The van der Waals surface area contributed by atoms with Crippen molar-refractivity contribution in [3.8, 4) is 11.5 Å². The number of para-hydroxylation sites is 3. The molecule has 0 fully saturated rings. The molecule has 12 nitrogen and oxygen atoms in total. The van der Waals surface area contributed by atoms with Crippen molar-refractivity contribution < 1.29 is 28.6 Å². The number of carbonyl (C=O) groups is 3. The molecular formula is C37H44N6O6. The fourth-order valence-electron chi connectivity index (χ4n) is 5.26. The highest BCUT2D eigenvalue weighted by Crippen LogP contribution is 2.37. The van der Waals surface area contributed by atoms with E-state index in [1.54, 1.807) is 86.6 Å². The van der Waals surface area contributed by atoms with Gasteiger partial charge in [0.2, 0.25) is 0 Å². The van der Waals surface area contributed by atoms with Crippen LogP contribution in [0.3, 0.4) is 0 Å². The monoisotopic (exact) mass is 668 g/mol. The number of nitrogens with zero attached hydrogens (tertiary/aromatic N) is 6. The van der Waals surface area contributed by atoms with Crippen LogP contribution in [0.2, 0.25) is 0 Å². The third-order valence-electron chi connectivity index (χ3n) is 7.12. The average Bonchev–Trinajstić information content (AvgIpc) is 3.39. The summed E-state index contributed by atoms with van der Waals surface area (Å²) in [6.45, 7) is 16.0. The zero-order valence-electron chi connectivity index (χ0n) is 29.6. The summed E-state index contributed by atoms with van der Waals surface area (Å²) >= 11 is 0. The van der Waals surface area contributed by atoms with Gasteiger partial charge in [0, 0.05) is 12.2 Å². The van der Waals surface area contributed by atoms with Crippen molar-refractivity contribution in [2.75, 3.05) is 16.3 Å². The summed E-state index contributed by atoms with van der Waals surface area (Å²) in [6, 6.07) is 16.7. The third kappa shape index (κ3) is 8.25. The summed E-state index contributed by atoms with van der Waals surface area (Å²) in [5.74, 6) is -0.195. The smallest absolute Gasteiger partial charge is 0.425 e. The Hall–Kier alpha value is -5.26. The molecule has 1 atom stereocenters. The van der Waals surface area contributed by atoms with Crippen LogP contribution in [0.4, 0.5) is 25.9 Å². The normalized spacial score (nSPS) is 15.2. The molecule has 4 aromatic rings. The van der Waals surface area contributed by atoms with Crippen LogP contribution in [0.25, 0.3) is 22.6 Å². The number of aromatic nitrogens is 4. The van der Waals surface area contributed by atoms with Gasteiger partial charge in [-0.3, -0.25) is 0 Å². The van der Waals surface area contributed by atoms with Crippen LogP contribution in [0.5, 0.6) is 0 Å². The minimum atomic E-state index is -1.03. The number of fused-ring (bicyclic) bond motifs is 1. The Morgan fingerprint density at radius 3 is 1.96 bits per heavy atom. The molecule has 258 valence electrons. The Morgan fingerprint density at radius 2 is 1.35 bits per heavy atom. The molecule has 0 spiro atoms. The molecule has 0 radical (unpaired) electrons. The second-order valence-electron chi connectivity index (χ2n) is 14.7. The molecule has 2 aromatic heterocycles. The first kappa shape index (κ1) is 35.1. The van der Waals surface area contributed by atoms with Crippen LogP contribution in [0.15, 0.2) is 72.9 Å². The Bertz CT molecular complexity index is 1850. The Kier molecular flexibility index (Phi) is 9.54. The maximum Gasteiger partial charge on any atom is 0.425 e. The standard InChI is InChI=1S/C37H44N6O6/c1-35(2,3)47-32(44)42-28-21-14-13-19-25(28)40-31(42)29-30(43(33(45)48-36(4,5)6)34(46)49-37(7,8)9)38-23-26(39-29)27-20-15-16-22-41(27)24-17-11-10-12-18-24/h10-19,21,23,27H,20,22H2,1-9H3. The molecule has 5 rings (SSSR count). The van der Waals surface area contributed by atoms with Crippen molar-refractivity contribution in [1.29, 1.82) is 0 Å². The predicted octanol–water partition coefficient (Wildman–Crippen LogP) is 8.46. The zero-order valence-corrected chi connectivity index (χ0v) is 29.6. The summed E-state index contributed by atoms with van der Waals surface area (Å²) in [5.41, 5.74) is -0.388. The van der Waals surface area contributed by atoms with E-state index in [9.17, 15) is 14.4 Å². The van der Waals surface area contributed by atoms with Crippen molar-refractivity contribution in [2.45, 2.75) is 91.6 Å². The van der Waals surface area contributed by atoms with Crippen molar-refractivity contribution in [1.82, 2.24) is 19.5 Å². The molecule has 1 aliphatic rings. The molecule has 12 heteroatoms. The first-order valence-electron chi connectivity index (χ1n) is 16.2. The lowest BCUT2D eigenvalue weighted by Crippen LogP contribution is -2.44. The number of carbonyl (C=O) groups excluding carboxylic acids is 3. The van der Waals surface area contributed by atoms with E-state index in [1.807, 2.05) is 30.3 Å². The molecule has 0 N–H and O–H groups in total. The minimum Gasteiger partial charge on any atom is -0.443 e. The predicted molar refractivity (Wildman–Crippen MR) is 188 cm³/mol. The van der Waals surface area contributed by atoms with Crippen molar-refractivity contribution in [2.24, 2.45) is 0 Å². The van der Waals surface area contributed by atoms with Gasteiger partial charge >= 0.3 is 18.3 Å². The summed E-state index contributed by atoms with van der Waals surface area (Å²) < 4.78 is 18.5. The molecule has 3 heterocycles. The molecule has 0 aliphatic carbocycles. The van der Waals surface area contributed by atoms with E-state index in [4.69, 9.17) is 29.2 Å². The number of anilines is 2. The van der Waals surface area contributed by atoms with Gasteiger partial charge in [0.1, 0.15) is 16.8 Å². The van der Waals surface area contributed by atoms with Gasteiger partial charge in [0.15, 0.2) is 17.3 Å². The molecule has 0 bridgehead atoms. The molecule has 1 aliphatic heterocycles. The number of hydrogen-bond acceptors (Lipinski definition) is 10. The first-order chi connectivity index (χ1) is 22.9. The van der Waals surface area contributed by atoms with Gasteiger partial charge in [-0.25, -0.2) is 33.9 Å². The van der Waals surface area contributed by atoms with Gasteiger partial charge in [-0.2, -0.15) is 4.90 Å². The van der Waals surface area contributed by atoms with E-state index in [1.165, 1.54) is 10.8 Å². The molecule has 2 aromatic carbocycles. The molecule has 0 saturated heterocycles. The number of ether oxygens (including phenoxy) is 3. The number of benzene rings is 2. The second-order valence-corrected chi connectivity index (χ2v) is 14.7. The molecule has 0 saturated carbocycles. The lowest BCUT2D eigenvalue weighted by Gasteiger charge is -2.35. The van der Waals surface area contributed by atoms with Crippen LogP contribution in [-0.2, 0) is 14.2 Å². The summed E-state index contributed by atoms with van der Waals surface area (Å²) in [5, 5.41) is 0. The fraction of sp³-hybridized carbons (Fsp3) is 0.405. The van der Waals surface area contributed by atoms with Crippen molar-refractivity contribution in [3.63, 3.8) is 0 Å². The van der Waals surface area contributed by atoms with Crippen LogP contribution in [0.1, 0.15) is 80.5 Å². The third-order valence-corrected chi connectivity index (χ3v) is 7.12. The van der Waals surface area contributed by atoms with E-state index in [0.717, 1.165) is 5.69 Å². The lowest BCUT2D eigenvalue weighted by atomic mass is 10.0. The average molecular weight is 669 g/mol. The lowest BCUT2D eigenvalue weighted by molar-refractivity contribution is 0.0427. The quantitative estimate of drug-likeness (QED) is 0.154. The van der Waals surface area contributed by atoms with Crippen molar-refractivity contribution in [3.05, 3.63) is 78.6 Å². The zero-order chi connectivity index (χ0) is 35.7. The molecule has 49 heavy (non-hydrogen) atoms. The highest BCUT2D eigenvalue weighted by molar-refractivity contribution is 6.11. The van der Waals surface area contributed by atoms with E-state index >= 15 is 0 Å². The fourth-order valence-corrected chi connectivity index (χ4v) is 5.26. The maximum absolute atomic E-state index is 13.9. The van der Waals surface area contributed by atoms with Crippen LogP contribution < -0.4 is 9.80 Å². The summed E-state index contributed by atoms with van der Waals surface area (Å²) in [7, 11) is 0. The molecule has 2 amide bonds. The Labute approximate surface area is 286 Å². The van der Waals surface area contributed by atoms with Crippen molar-refractivity contribution >= 4 is 40.8 Å². The Balaban J connectivity index is 1.79. The van der Waals surface area contributed by atoms with E-state index in [0.29, 0.717) is 34.6 Å². The second kappa shape index (κ2) is 13.3. The SMILES string of the molecule is CC(C)(C)OC(=O)N(C(=O)OC(C)(C)C)c1ncc(C2CC=CCN2c2ccccc2)nc1-c1nc2ccccc2n1C(=O)OC(C)(C)C. The van der Waals surface area contributed by atoms with Crippen LogP contribution in [-0.4, -0.2) is 61.1 Å². The summed E-state index contributed by atoms with van der Waals surface area (Å²) in [4.78, 5) is 59.1. The van der Waals surface area contributed by atoms with E-state index in [-0.39, 0.29) is 23.4 Å². The van der Waals surface area contributed by atoms with Gasteiger partial charge in [0.05, 0.1) is 29.0 Å². The topological polar surface area (TPSA) is 129 Å². The first-order valence-corrected chi connectivity index (χ1v) is 16.2. The van der Waals surface area contributed by atoms with E-state index < -0.39 is 35.1 Å². The number of amides is 2. The maximum atomic E-state index is 13.9. The molecular weight excluding hydrogens is 624 g/mol. The Morgan fingerprint density at radius 1 is 0.755 bits per heavy atom. The minimum absolute atomic E-state index is 0.0150. The van der Waals surface area contributed by atoms with Gasteiger partial charge < -0.3 is 19.1 Å². The van der Waals surface area contributed by atoms with E-state index in [2.05, 4.69) is 17.1 Å².